The van der Waals surface area contributed by atoms with Gasteiger partial charge < -0.3 is 5.73 Å². The van der Waals surface area contributed by atoms with E-state index in [2.05, 4.69) is 0 Å². The number of thioether (sulfide) groups is 1. The van der Waals surface area contributed by atoms with Gasteiger partial charge in [0.15, 0.2) is 0 Å². The summed E-state index contributed by atoms with van der Waals surface area (Å²) in [5.41, 5.74) is 6.48. The lowest BCUT2D eigenvalue weighted by molar-refractivity contribution is 0.596. The molecule has 0 amide bonds. The predicted molar refractivity (Wildman–Crippen MR) is 55.4 cm³/mol. The molecule has 0 aromatic heterocycles. The van der Waals surface area contributed by atoms with E-state index in [1.165, 1.54) is 17.8 Å². The Morgan fingerprint density at radius 3 is 2.69 bits per heavy atom. The second kappa shape index (κ2) is 4.63. The summed E-state index contributed by atoms with van der Waals surface area (Å²) in [6.07, 6.45) is 0. The van der Waals surface area contributed by atoms with Gasteiger partial charge in [-0.1, -0.05) is 13.0 Å². The van der Waals surface area contributed by atoms with Crippen LogP contribution in [0.2, 0.25) is 0 Å². The highest BCUT2D eigenvalue weighted by Crippen LogP contribution is 2.23. The van der Waals surface area contributed by atoms with Gasteiger partial charge in [-0.3, -0.25) is 0 Å². The van der Waals surface area contributed by atoms with Gasteiger partial charge in [0.1, 0.15) is 5.82 Å². The van der Waals surface area contributed by atoms with Crippen molar-refractivity contribution in [2.24, 2.45) is 5.73 Å². The monoisotopic (exact) mass is 199 g/mol. The molecule has 1 aromatic rings. The summed E-state index contributed by atoms with van der Waals surface area (Å²) in [6, 6.07) is 5.09. The maximum absolute atomic E-state index is 13.3. The van der Waals surface area contributed by atoms with Gasteiger partial charge in [0.05, 0.1) is 0 Å². The molecule has 0 aliphatic carbocycles. The summed E-state index contributed by atoms with van der Waals surface area (Å²) in [6.45, 7) is 3.85. The molecule has 0 fully saturated rings. The van der Waals surface area contributed by atoms with E-state index in [0.717, 1.165) is 11.3 Å². The molecule has 0 aliphatic heterocycles. The molecular weight excluding hydrogens is 185 g/mol. The molecule has 3 heteroatoms. The Morgan fingerprint density at radius 1 is 1.54 bits per heavy atom. The topological polar surface area (TPSA) is 26.0 Å². The van der Waals surface area contributed by atoms with Crippen molar-refractivity contribution in [3.8, 4) is 0 Å². The number of rotatable bonds is 3. The van der Waals surface area contributed by atoms with Crippen LogP contribution in [0, 0.1) is 5.82 Å². The molecule has 0 bridgehead atoms. The summed E-state index contributed by atoms with van der Waals surface area (Å²) in [7, 11) is 0. The number of hydrogen-bond acceptors (Lipinski definition) is 2. The zero-order valence-electron chi connectivity index (χ0n) is 7.88. The fourth-order valence-electron chi connectivity index (χ4n) is 1.07. The number of halogens is 1. The second-order valence-electron chi connectivity index (χ2n) is 2.91. The van der Waals surface area contributed by atoms with Gasteiger partial charge in [0, 0.05) is 10.9 Å². The van der Waals surface area contributed by atoms with Crippen LogP contribution in [0.5, 0.6) is 0 Å². The molecule has 0 saturated heterocycles. The standard InChI is InChI=1S/C10H14FNS/c1-3-13-10-5-4-8(7(2)12)6-9(10)11/h4-7H,3,12H2,1-2H3/t7-/m0/s1. The fraction of sp³-hybridized carbons (Fsp3) is 0.400. The van der Waals surface area contributed by atoms with Crippen LogP contribution in [0.3, 0.4) is 0 Å². The van der Waals surface area contributed by atoms with Crippen molar-refractivity contribution in [1.29, 1.82) is 0 Å². The highest BCUT2D eigenvalue weighted by Gasteiger charge is 2.05. The summed E-state index contributed by atoms with van der Waals surface area (Å²) in [4.78, 5) is 0.701. The van der Waals surface area contributed by atoms with Crippen LogP contribution >= 0.6 is 11.8 Å². The van der Waals surface area contributed by atoms with E-state index in [1.807, 2.05) is 19.9 Å². The minimum Gasteiger partial charge on any atom is -0.324 e. The van der Waals surface area contributed by atoms with Crippen LogP contribution in [0.1, 0.15) is 25.5 Å². The molecule has 72 valence electrons. The lowest BCUT2D eigenvalue weighted by Gasteiger charge is -2.07. The molecule has 0 aliphatic rings. The van der Waals surface area contributed by atoms with Crippen molar-refractivity contribution < 1.29 is 4.39 Å². The Balaban J connectivity index is 2.92. The van der Waals surface area contributed by atoms with Crippen molar-refractivity contribution in [3.63, 3.8) is 0 Å². The Bertz CT molecular complexity index is 286. The Hall–Kier alpha value is -0.540. The van der Waals surface area contributed by atoms with E-state index >= 15 is 0 Å². The summed E-state index contributed by atoms with van der Waals surface area (Å²) in [5, 5.41) is 0. The van der Waals surface area contributed by atoms with Crippen molar-refractivity contribution in [3.05, 3.63) is 29.6 Å². The number of hydrogen-bond donors (Lipinski definition) is 1. The second-order valence-corrected chi connectivity index (χ2v) is 4.22. The van der Waals surface area contributed by atoms with Gasteiger partial charge in [-0.2, -0.15) is 0 Å². The summed E-state index contributed by atoms with van der Waals surface area (Å²) < 4.78 is 13.3. The van der Waals surface area contributed by atoms with Gasteiger partial charge in [-0.25, -0.2) is 4.39 Å². The quantitative estimate of drug-likeness (QED) is 0.757. The minimum absolute atomic E-state index is 0.102. The smallest absolute Gasteiger partial charge is 0.137 e. The molecule has 0 heterocycles. The molecule has 0 saturated carbocycles. The molecule has 1 atom stereocenters. The summed E-state index contributed by atoms with van der Waals surface area (Å²) >= 11 is 1.51. The lowest BCUT2D eigenvalue weighted by Crippen LogP contribution is -2.05. The van der Waals surface area contributed by atoms with Gasteiger partial charge in [-0.15, -0.1) is 11.8 Å². The molecule has 0 radical (unpaired) electrons. The van der Waals surface area contributed by atoms with Gasteiger partial charge >= 0.3 is 0 Å². The molecule has 13 heavy (non-hydrogen) atoms. The van der Waals surface area contributed by atoms with Gasteiger partial charge in [0.25, 0.3) is 0 Å². The van der Waals surface area contributed by atoms with Crippen molar-refractivity contribution in [1.82, 2.24) is 0 Å². The zero-order valence-corrected chi connectivity index (χ0v) is 8.70. The Morgan fingerprint density at radius 2 is 2.23 bits per heavy atom. The zero-order chi connectivity index (χ0) is 9.84. The first-order valence-electron chi connectivity index (χ1n) is 4.33. The van der Waals surface area contributed by atoms with Crippen LogP contribution in [0.15, 0.2) is 23.1 Å². The Labute approximate surface area is 82.5 Å². The van der Waals surface area contributed by atoms with E-state index in [-0.39, 0.29) is 11.9 Å². The SMILES string of the molecule is CCSc1ccc([C@H](C)N)cc1F. The van der Waals surface area contributed by atoms with E-state index in [4.69, 9.17) is 5.73 Å². The first kappa shape index (κ1) is 10.5. The normalized spacial score (nSPS) is 12.9. The van der Waals surface area contributed by atoms with E-state index in [0.29, 0.717) is 4.90 Å². The summed E-state index contributed by atoms with van der Waals surface area (Å²) in [5.74, 6) is 0.718. The first-order valence-corrected chi connectivity index (χ1v) is 5.31. The van der Waals surface area contributed by atoms with Crippen LogP contribution in [-0.4, -0.2) is 5.75 Å². The third-order valence-corrected chi connectivity index (χ3v) is 2.71. The molecule has 1 nitrogen and oxygen atoms in total. The third-order valence-electron chi connectivity index (χ3n) is 1.78. The van der Waals surface area contributed by atoms with Crippen LogP contribution in [-0.2, 0) is 0 Å². The molecule has 0 spiro atoms. The van der Waals surface area contributed by atoms with Crippen molar-refractivity contribution >= 4 is 11.8 Å². The predicted octanol–water partition coefficient (Wildman–Crippen LogP) is 2.96. The minimum atomic E-state index is -0.165. The van der Waals surface area contributed by atoms with Crippen LogP contribution < -0.4 is 5.73 Å². The average Bonchev–Trinajstić information content (AvgIpc) is 2.08. The third kappa shape index (κ3) is 2.71. The van der Waals surface area contributed by atoms with Crippen molar-refractivity contribution in [2.75, 3.05) is 5.75 Å². The van der Waals surface area contributed by atoms with Gasteiger partial charge in [-0.05, 0) is 30.4 Å². The number of nitrogens with two attached hydrogens (primary N) is 1. The molecule has 1 rings (SSSR count). The Kier molecular flexibility index (Phi) is 3.75. The molecule has 0 unspecified atom stereocenters. The molecular formula is C10H14FNS. The van der Waals surface area contributed by atoms with E-state index < -0.39 is 0 Å². The van der Waals surface area contributed by atoms with Gasteiger partial charge in [0.2, 0.25) is 0 Å². The highest BCUT2D eigenvalue weighted by atomic mass is 32.2. The molecule has 1 aromatic carbocycles. The molecule has 2 N–H and O–H groups in total. The van der Waals surface area contributed by atoms with E-state index in [9.17, 15) is 4.39 Å². The largest absolute Gasteiger partial charge is 0.324 e. The van der Waals surface area contributed by atoms with Crippen LogP contribution in [0.4, 0.5) is 4.39 Å². The average molecular weight is 199 g/mol. The first-order chi connectivity index (χ1) is 6.15. The number of benzene rings is 1. The lowest BCUT2D eigenvalue weighted by atomic mass is 10.1. The maximum Gasteiger partial charge on any atom is 0.137 e. The van der Waals surface area contributed by atoms with Crippen LogP contribution in [0.25, 0.3) is 0 Å². The maximum atomic E-state index is 13.3. The van der Waals surface area contributed by atoms with E-state index in [1.54, 1.807) is 6.07 Å². The van der Waals surface area contributed by atoms with Crippen molar-refractivity contribution in [2.45, 2.75) is 24.8 Å². The highest BCUT2D eigenvalue weighted by molar-refractivity contribution is 7.99. The fourth-order valence-corrected chi connectivity index (χ4v) is 1.74.